The molecule has 0 atom stereocenters. The van der Waals surface area contributed by atoms with Gasteiger partial charge in [-0.05, 0) is 50.7 Å². The van der Waals surface area contributed by atoms with Crippen LogP contribution in [-0.4, -0.2) is 39.0 Å². The third-order valence-corrected chi connectivity index (χ3v) is 8.79. The van der Waals surface area contributed by atoms with Crippen LogP contribution in [-0.2, 0) is 35.3 Å². The topological polar surface area (TPSA) is 86.1 Å². The molecular formula is C24H28N4O3S3. The minimum absolute atomic E-state index is 0.151. The normalized spacial score (nSPS) is 12.9. The van der Waals surface area contributed by atoms with Crippen LogP contribution in [0.1, 0.15) is 52.4 Å². The Morgan fingerprint density at radius 3 is 2.88 bits per heavy atom. The van der Waals surface area contributed by atoms with E-state index in [0.717, 1.165) is 35.5 Å². The molecule has 0 aliphatic heterocycles. The van der Waals surface area contributed by atoms with E-state index in [1.807, 2.05) is 17.6 Å². The van der Waals surface area contributed by atoms with Crippen molar-refractivity contribution in [2.45, 2.75) is 57.7 Å². The fraction of sp³-hybridized carbons (Fsp3) is 0.417. The average Bonchev–Trinajstić information content (AvgIpc) is 3.55. The highest BCUT2D eigenvalue weighted by atomic mass is 32.2. The van der Waals surface area contributed by atoms with Crippen LogP contribution in [0.25, 0.3) is 11.4 Å². The molecule has 0 aromatic carbocycles. The summed E-state index contributed by atoms with van der Waals surface area (Å²) in [7, 11) is 0. The van der Waals surface area contributed by atoms with Crippen LogP contribution in [0.4, 0.5) is 5.00 Å². The third-order valence-electron chi connectivity index (χ3n) is 5.54. The number of anilines is 1. The summed E-state index contributed by atoms with van der Waals surface area (Å²) >= 11 is 4.53. The molecule has 1 aliphatic rings. The number of carbonyl (C=O) groups excluding carboxylic acids is 2. The zero-order valence-electron chi connectivity index (χ0n) is 19.4. The Morgan fingerprint density at radius 2 is 2.12 bits per heavy atom. The summed E-state index contributed by atoms with van der Waals surface area (Å²) in [6.07, 6.45) is 7.24. The second-order valence-corrected chi connectivity index (χ2v) is 10.9. The number of aryl methyl sites for hydroxylation is 2. The van der Waals surface area contributed by atoms with Crippen LogP contribution in [0.5, 0.6) is 0 Å². The van der Waals surface area contributed by atoms with Gasteiger partial charge in [-0.1, -0.05) is 24.8 Å². The molecule has 3 aromatic heterocycles. The summed E-state index contributed by atoms with van der Waals surface area (Å²) in [6.45, 7) is 8.51. The molecule has 0 radical (unpaired) electrons. The van der Waals surface area contributed by atoms with Crippen molar-refractivity contribution in [3.05, 3.63) is 45.0 Å². The van der Waals surface area contributed by atoms with Crippen molar-refractivity contribution < 1.29 is 14.3 Å². The average molecular weight is 517 g/mol. The maximum Gasteiger partial charge on any atom is 0.341 e. The lowest BCUT2D eigenvalue weighted by Gasteiger charge is -2.13. The van der Waals surface area contributed by atoms with Gasteiger partial charge in [0.05, 0.1) is 17.9 Å². The largest absolute Gasteiger partial charge is 0.462 e. The fourth-order valence-electron chi connectivity index (χ4n) is 3.93. The van der Waals surface area contributed by atoms with Crippen LogP contribution in [0, 0.1) is 0 Å². The van der Waals surface area contributed by atoms with E-state index < -0.39 is 5.97 Å². The van der Waals surface area contributed by atoms with Crippen molar-refractivity contribution in [2.75, 3.05) is 17.7 Å². The highest BCUT2D eigenvalue weighted by molar-refractivity contribution is 7.99. The van der Waals surface area contributed by atoms with Crippen molar-refractivity contribution >= 4 is 51.3 Å². The van der Waals surface area contributed by atoms with E-state index in [4.69, 9.17) is 4.74 Å². The number of esters is 1. The molecular weight excluding hydrogens is 488 g/mol. The number of aromatic nitrogens is 3. The zero-order valence-corrected chi connectivity index (χ0v) is 21.8. The Morgan fingerprint density at radius 1 is 1.29 bits per heavy atom. The lowest BCUT2D eigenvalue weighted by molar-refractivity contribution is -0.113. The number of ether oxygens (including phenoxy) is 1. The first kappa shape index (κ1) is 24.7. The number of nitrogens with zero attached hydrogens (tertiary/aromatic N) is 3. The number of hydrogen-bond donors (Lipinski definition) is 1. The van der Waals surface area contributed by atoms with E-state index in [0.29, 0.717) is 22.3 Å². The Hall–Kier alpha value is -2.43. The number of carbonyl (C=O) groups is 2. The van der Waals surface area contributed by atoms with Crippen molar-refractivity contribution in [3.63, 3.8) is 0 Å². The van der Waals surface area contributed by atoms with Crippen LogP contribution < -0.4 is 5.32 Å². The molecule has 0 fully saturated rings. The van der Waals surface area contributed by atoms with Gasteiger partial charge in [0.2, 0.25) is 5.91 Å². The molecule has 1 amide bonds. The first-order chi connectivity index (χ1) is 16.5. The molecule has 10 heteroatoms. The van der Waals surface area contributed by atoms with Gasteiger partial charge in [-0.2, -0.15) is 0 Å². The predicted octanol–water partition coefficient (Wildman–Crippen LogP) is 5.60. The Bertz CT molecular complexity index is 1190. The molecule has 180 valence electrons. The van der Waals surface area contributed by atoms with Crippen LogP contribution >= 0.6 is 34.4 Å². The second kappa shape index (κ2) is 11.3. The molecule has 1 aliphatic carbocycles. The molecule has 4 rings (SSSR count). The highest BCUT2D eigenvalue weighted by Crippen LogP contribution is 2.37. The van der Waals surface area contributed by atoms with Gasteiger partial charge in [-0.15, -0.1) is 39.4 Å². The summed E-state index contributed by atoms with van der Waals surface area (Å²) in [6, 6.07) is 1.79. The van der Waals surface area contributed by atoms with Gasteiger partial charge in [0.1, 0.15) is 5.00 Å². The first-order valence-electron chi connectivity index (χ1n) is 11.4. The van der Waals surface area contributed by atoms with E-state index in [1.165, 1.54) is 46.4 Å². The van der Waals surface area contributed by atoms with E-state index >= 15 is 0 Å². The summed E-state index contributed by atoms with van der Waals surface area (Å²) in [5.74, 6) is 0.356. The van der Waals surface area contributed by atoms with Crippen molar-refractivity contribution in [2.24, 2.45) is 0 Å². The number of rotatable bonds is 10. The van der Waals surface area contributed by atoms with Gasteiger partial charge in [-0.3, -0.25) is 9.36 Å². The standard InChI is InChI=1S/C24H28N4O3S3/c1-4-11-28-21(18-13-32-19-10-8-7-9-16(18)19)26-27-24(28)33-14-20(29)25-22-17(23(30)31-6-3)12-15(5-2)34-22/h4,12-13H,1,5-11,14H2,2-3H3,(H,25,29). The van der Waals surface area contributed by atoms with Gasteiger partial charge >= 0.3 is 5.97 Å². The van der Waals surface area contributed by atoms with Gasteiger partial charge in [-0.25, -0.2) is 4.79 Å². The number of amides is 1. The van der Waals surface area contributed by atoms with Crippen LogP contribution in [0.3, 0.4) is 0 Å². The van der Waals surface area contributed by atoms with E-state index in [-0.39, 0.29) is 18.3 Å². The summed E-state index contributed by atoms with van der Waals surface area (Å²) in [5.41, 5.74) is 2.94. The van der Waals surface area contributed by atoms with E-state index in [9.17, 15) is 9.59 Å². The molecule has 34 heavy (non-hydrogen) atoms. The van der Waals surface area contributed by atoms with Crippen LogP contribution in [0.2, 0.25) is 0 Å². The minimum Gasteiger partial charge on any atom is -0.462 e. The van der Waals surface area contributed by atoms with Crippen molar-refractivity contribution in [1.29, 1.82) is 0 Å². The molecule has 3 aromatic rings. The molecule has 0 saturated heterocycles. The number of nitrogens with one attached hydrogen (secondary N) is 1. The SMILES string of the molecule is C=CCn1c(SCC(=O)Nc2sc(CC)cc2C(=O)OCC)nnc1-c1csc2c1CCCC2. The second-order valence-electron chi connectivity index (χ2n) is 7.83. The number of thioether (sulfide) groups is 1. The minimum atomic E-state index is -0.420. The maximum atomic E-state index is 12.8. The van der Waals surface area contributed by atoms with Crippen LogP contribution in [0.15, 0.2) is 29.3 Å². The Kier molecular flexibility index (Phi) is 8.23. The molecule has 1 N–H and O–H groups in total. The van der Waals surface area contributed by atoms with Gasteiger partial charge in [0, 0.05) is 27.2 Å². The summed E-state index contributed by atoms with van der Waals surface area (Å²) in [4.78, 5) is 27.5. The highest BCUT2D eigenvalue weighted by Gasteiger charge is 2.23. The lowest BCUT2D eigenvalue weighted by Crippen LogP contribution is -2.16. The van der Waals surface area contributed by atoms with Gasteiger partial charge < -0.3 is 10.1 Å². The molecule has 0 unspecified atom stereocenters. The maximum absolute atomic E-state index is 12.8. The smallest absolute Gasteiger partial charge is 0.341 e. The van der Waals surface area contributed by atoms with Crippen molar-refractivity contribution in [1.82, 2.24) is 14.8 Å². The Labute approximate surface area is 211 Å². The quantitative estimate of drug-likeness (QED) is 0.214. The van der Waals surface area contributed by atoms with Gasteiger partial charge in [0.15, 0.2) is 11.0 Å². The summed E-state index contributed by atoms with van der Waals surface area (Å²) < 4.78 is 7.16. The number of hydrogen-bond acceptors (Lipinski definition) is 8. The van der Waals surface area contributed by atoms with Gasteiger partial charge in [0.25, 0.3) is 0 Å². The van der Waals surface area contributed by atoms with E-state index in [2.05, 4.69) is 27.5 Å². The fourth-order valence-corrected chi connectivity index (χ4v) is 6.80. The molecule has 0 saturated carbocycles. The van der Waals surface area contributed by atoms with Crippen molar-refractivity contribution in [3.8, 4) is 11.4 Å². The lowest BCUT2D eigenvalue weighted by atomic mass is 9.95. The number of thiophene rings is 2. The summed E-state index contributed by atoms with van der Waals surface area (Å²) in [5, 5.41) is 15.1. The zero-order chi connectivity index (χ0) is 24.1. The Balaban J connectivity index is 1.49. The van der Waals surface area contributed by atoms with E-state index in [1.54, 1.807) is 24.3 Å². The first-order valence-corrected chi connectivity index (χ1v) is 14.1. The monoisotopic (exact) mass is 516 g/mol. The molecule has 7 nitrogen and oxygen atoms in total. The molecule has 3 heterocycles. The number of fused-ring (bicyclic) bond motifs is 1. The molecule has 0 bridgehead atoms. The molecule has 0 spiro atoms. The third kappa shape index (κ3) is 5.29. The predicted molar refractivity (Wildman–Crippen MR) is 139 cm³/mol. The number of allylic oxidation sites excluding steroid dienone is 1.